The van der Waals surface area contributed by atoms with Crippen LogP contribution in [0.1, 0.15) is 0 Å². The van der Waals surface area contributed by atoms with Gasteiger partial charge in [-0.15, -0.1) is 0 Å². The first-order valence-corrected chi connectivity index (χ1v) is 5.75. The summed E-state index contributed by atoms with van der Waals surface area (Å²) in [4.78, 5) is 22.5. The fourth-order valence-corrected chi connectivity index (χ4v) is 1.94. The number of nitrogens with one attached hydrogen (secondary N) is 1. The van der Waals surface area contributed by atoms with Gasteiger partial charge in [0.15, 0.2) is 0 Å². The summed E-state index contributed by atoms with van der Waals surface area (Å²) in [7, 11) is 1.59. The third-order valence-corrected chi connectivity index (χ3v) is 2.92. The van der Waals surface area contributed by atoms with Gasteiger partial charge in [0.2, 0.25) is 0 Å². The molecule has 0 saturated carbocycles. The van der Waals surface area contributed by atoms with E-state index in [-0.39, 0.29) is 5.56 Å². The van der Waals surface area contributed by atoms with Crippen LogP contribution < -0.4 is 10.3 Å². The smallest absolute Gasteiger partial charge is 0.258 e. The predicted molar refractivity (Wildman–Crippen MR) is 72.1 cm³/mol. The minimum atomic E-state index is -0.150. The lowest BCUT2D eigenvalue weighted by Crippen LogP contribution is -2.05. The predicted octanol–water partition coefficient (Wildman–Crippen LogP) is 1.99. The molecule has 1 aromatic carbocycles. The average molecular weight is 253 g/mol. The molecule has 0 spiro atoms. The molecule has 0 unspecified atom stereocenters. The fourth-order valence-electron chi connectivity index (χ4n) is 1.94. The van der Waals surface area contributed by atoms with Gasteiger partial charge < -0.3 is 9.72 Å². The third-order valence-electron chi connectivity index (χ3n) is 2.92. The third kappa shape index (κ3) is 2.06. The van der Waals surface area contributed by atoms with Crippen molar-refractivity contribution >= 4 is 10.9 Å². The summed E-state index contributed by atoms with van der Waals surface area (Å²) in [6.07, 6.45) is 4.77. The Labute approximate surface area is 108 Å². The Morgan fingerprint density at radius 3 is 2.89 bits per heavy atom. The molecule has 0 aliphatic heterocycles. The zero-order chi connectivity index (χ0) is 13.2. The van der Waals surface area contributed by atoms with Crippen LogP contribution in [0.25, 0.3) is 22.0 Å². The molecule has 2 heterocycles. The van der Waals surface area contributed by atoms with Crippen molar-refractivity contribution in [1.29, 1.82) is 0 Å². The monoisotopic (exact) mass is 253 g/mol. The first-order valence-electron chi connectivity index (χ1n) is 5.75. The van der Waals surface area contributed by atoms with E-state index in [9.17, 15) is 4.79 Å². The summed E-state index contributed by atoms with van der Waals surface area (Å²) in [5.41, 5.74) is 2.31. The minimum absolute atomic E-state index is 0.150. The Morgan fingerprint density at radius 1 is 1.16 bits per heavy atom. The summed E-state index contributed by atoms with van der Waals surface area (Å²) in [6, 6.07) is 7.40. The van der Waals surface area contributed by atoms with Crippen molar-refractivity contribution in [3.8, 4) is 16.9 Å². The second kappa shape index (κ2) is 4.53. The van der Waals surface area contributed by atoms with Gasteiger partial charge >= 0.3 is 0 Å². The van der Waals surface area contributed by atoms with Crippen LogP contribution >= 0.6 is 0 Å². The molecule has 0 aliphatic rings. The highest BCUT2D eigenvalue weighted by molar-refractivity contribution is 5.83. The molecule has 0 bridgehead atoms. The lowest BCUT2D eigenvalue weighted by molar-refractivity contribution is 0.413. The molecule has 19 heavy (non-hydrogen) atoms. The number of pyridine rings is 1. The highest BCUT2D eigenvalue weighted by Gasteiger charge is 2.04. The zero-order valence-electron chi connectivity index (χ0n) is 10.3. The first-order chi connectivity index (χ1) is 9.28. The second-order valence-electron chi connectivity index (χ2n) is 4.08. The number of aromatic nitrogens is 3. The number of ether oxygens (including phenoxy) is 1. The Kier molecular flexibility index (Phi) is 2.72. The van der Waals surface area contributed by atoms with E-state index >= 15 is 0 Å². The summed E-state index contributed by atoms with van der Waals surface area (Å²) in [5, 5.41) is 0.558. The Bertz CT molecular complexity index is 796. The molecule has 94 valence electrons. The molecule has 0 atom stereocenters. The van der Waals surface area contributed by atoms with Gasteiger partial charge in [-0.05, 0) is 23.8 Å². The van der Waals surface area contributed by atoms with E-state index in [0.717, 1.165) is 11.1 Å². The van der Waals surface area contributed by atoms with E-state index in [4.69, 9.17) is 4.74 Å². The lowest BCUT2D eigenvalue weighted by Gasteiger charge is -2.05. The Morgan fingerprint density at radius 2 is 2.05 bits per heavy atom. The van der Waals surface area contributed by atoms with Gasteiger partial charge in [-0.1, -0.05) is 6.07 Å². The standard InChI is InChI=1S/C14H11N3O2/c1-19-11-4-10(6-15-7-11)9-2-3-13-12(5-9)14(18)17-8-16-13/h2-8H,1H3,(H,16,17,18). The van der Waals surface area contributed by atoms with E-state index in [1.807, 2.05) is 18.2 Å². The number of aromatic amines is 1. The summed E-state index contributed by atoms with van der Waals surface area (Å²) in [6.45, 7) is 0. The topological polar surface area (TPSA) is 67.9 Å². The van der Waals surface area contributed by atoms with Crippen molar-refractivity contribution in [3.05, 3.63) is 53.3 Å². The molecule has 0 saturated heterocycles. The molecule has 0 amide bonds. The SMILES string of the molecule is COc1cncc(-c2ccc3nc[nH]c(=O)c3c2)c1. The molecule has 5 nitrogen and oxygen atoms in total. The molecular weight excluding hydrogens is 242 g/mol. The fraction of sp³-hybridized carbons (Fsp3) is 0.0714. The van der Waals surface area contributed by atoms with Crippen molar-refractivity contribution in [2.75, 3.05) is 7.11 Å². The van der Waals surface area contributed by atoms with Crippen molar-refractivity contribution in [1.82, 2.24) is 15.0 Å². The van der Waals surface area contributed by atoms with Crippen molar-refractivity contribution < 1.29 is 4.74 Å². The zero-order valence-corrected chi connectivity index (χ0v) is 10.3. The molecule has 0 radical (unpaired) electrons. The first kappa shape index (κ1) is 11.4. The maximum absolute atomic E-state index is 11.7. The van der Waals surface area contributed by atoms with E-state index in [1.165, 1.54) is 6.33 Å². The Hall–Kier alpha value is -2.69. The molecule has 3 rings (SSSR count). The quantitative estimate of drug-likeness (QED) is 0.758. The van der Waals surface area contributed by atoms with Crippen molar-refractivity contribution in [2.24, 2.45) is 0 Å². The van der Waals surface area contributed by atoms with E-state index in [1.54, 1.807) is 25.6 Å². The molecule has 1 N–H and O–H groups in total. The van der Waals surface area contributed by atoms with Crippen LogP contribution in [0.4, 0.5) is 0 Å². The highest BCUT2D eigenvalue weighted by Crippen LogP contribution is 2.24. The van der Waals surface area contributed by atoms with Crippen molar-refractivity contribution in [2.45, 2.75) is 0 Å². The number of nitrogens with zero attached hydrogens (tertiary/aromatic N) is 2. The van der Waals surface area contributed by atoms with Gasteiger partial charge in [0.1, 0.15) is 5.75 Å². The number of benzene rings is 1. The number of hydrogen-bond donors (Lipinski definition) is 1. The molecule has 5 heteroatoms. The van der Waals surface area contributed by atoms with Crippen LogP contribution in [0.2, 0.25) is 0 Å². The average Bonchev–Trinajstić information content (AvgIpc) is 2.47. The Balaban J connectivity index is 2.20. The summed E-state index contributed by atoms with van der Waals surface area (Å²) < 4.78 is 5.14. The molecule has 0 fully saturated rings. The van der Waals surface area contributed by atoms with Gasteiger partial charge in [-0.2, -0.15) is 0 Å². The van der Waals surface area contributed by atoms with E-state index in [0.29, 0.717) is 16.7 Å². The summed E-state index contributed by atoms with van der Waals surface area (Å²) >= 11 is 0. The minimum Gasteiger partial charge on any atom is -0.495 e. The number of rotatable bonds is 2. The van der Waals surface area contributed by atoms with E-state index < -0.39 is 0 Å². The number of fused-ring (bicyclic) bond motifs is 1. The van der Waals surface area contributed by atoms with E-state index in [2.05, 4.69) is 15.0 Å². The second-order valence-corrected chi connectivity index (χ2v) is 4.08. The van der Waals surface area contributed by atoms with Crippen LogP contribution in [0.3, 0.4) is 0 Å². The van der Waals surface area contributed by atoms with Crippen LogP contribution in [0.15, 0.2) is 47.8 Å². The molecule has 0 aliphatic carbocycles. The van der Waals surface area contributed by atoms with Crippen LogP contribution in [-0.2, 0) is 0 Å². The van der Waals surface area contributed by atoms with Gasteiger partial charge in [0.25, 0.3) is 5.56 Å². The van der Waals surface area contributed by atoms with Crippen LogP contribution in [-0.4, -0.2) is 22.1 Å². The van der Waals surface area contributed by atoms with Gasteiger partial charge in [0.05, 0.1) is 30.5 Å². The normalized spacial score (nSPS) is 10.6. The van der Waals surface area contributed by atoms with Gasteiger partial charge in [-0.25, -0.2) is 4.98 Å². The maximum atomic E-state index is 11.7. The maximum Gasteiger partial charge on any atom is 0.258 e. The number of H-pyrrole nitrogens is 1. The largest absolute Gasteiger partial charge is 0.495 e. The van der Waals surface area contributed by atoms with Crippen LogP contribution in [0.5, 0.6) is 5.75 Å². The molecule has 3 aromatic rings. The summed E-state index contributed by atoms with van der Waals surface area (Å²) in [5.74, 6) is 0.678. The number of hydrogen-bond acceptors (Lipinski definition) is 4. The van der Waals surface area contributed by atoms with Crippen molar-refractivity contribution in [3.63, 3.8) is 0 Å². The van der Waals surface area contributed by atoms with Gasteiger partial charge in [0, 0.05) is 11.8 Å². The van der Waals surface area contributed by atoms with Gasteiger partial charge in [-0.3, -0.25) is 9.78 Å². The molecular formula is C14H11N3O2. The highest BCUT2D eigenvalue weighted by atomic mass is 16.5. The molecule has 2 aromatic heterocycles. The number of methoxy groups -OCH3 is 1. The lowest BCUT2D eigenvalue weighted by atomic mass is 10.1. The van der Waals surface area contributed by atoms with Crippen LogP contribution in [0, 0.1) is 0 Å².